The molecule has 1 aromatic rings. The maximum absolute atomic E-state index is 12.7. The molecule has 1 N–H and O–H groups in total. The minimum Gasteiger partial charge on any atom is -0.495 e. The first kappa shape index (κ1) is 20.0. The van der Waals surface area contributed by atoms with Crippen molar-refractivity contribution in [1.82, 2.24) is 9.21 Å². The molecule has 0 spiro atoms. The fraction of sp³-hybridized carbons (Fsp3) is 0.562. The maximum Gasteiger partial charge on any atom is 0.243 e. The van der Waals surface area contributed by atoms with Crippen LogP contribution < -0.4 is 9.64 Å². The second-order valence-corrected chi connectivity index (χ2v) is 8.49. The van der Waals surface area contributed by atoms with Crippen molar-refractivity contribution in [1.29, 1.82) is 0 Å². The lowest BCUT2D eigenvalue weighted by Crippen LogP contribution is -3.14. The van der Waals surface area contributed by atoms with Crippen molar-refractivity contribution in [3.8, 4) is 5.75 Å². The molecule has 1 saturated heterocycles. The highest BCUT2D eigenvalue weighted by molar-refractivity contribution is 7.89. The molecule has 1 amide bonds. The van der Waals surface area contributed by atoms with E-state index in [9.17, 15) is 13.2 Å². The zero-order chi connectivity index (χ0) is 18.6. The lowest BCUT2D eigenvalue weighted by molar-refractivity contribution is -0.902. The Balaban J connectivity index is 2.05. The number of hydrogen-bond acceptors (Lipinski definition) is 4. The Morgan fingerprint density at radius 3 is 2.52 bits per heavy atom. The Morgan fingerprint density at radius 1 is 1.36 bits per heavy atom. The standard InChI is InChI=1S/C16H24ClN3O4S/c1-4-19-7-9-20(10-8-19)16(21)12-18(2)25(22,23)13-5-6-15(24-3)14(17)11-13/h5-6,11H,4,7-10,12H2,1-3H3/p+1. The van der Waals surface area contributed by atoms with E-state index >= 15 is 0 Å². The number of nitrogens with one attached hydrogen (secondary N) is 1. The molecule has 0 radical (unpaired) electrons. The Labute approximate surface area is 154 Å². The summed E-state index contributed by atoms with van der Waals surface area (Å²) < 4.78 is 31.4. The number of carbonyl (C=O) groups is 1. The van der Waals surface area contributed by atoms with E-state index in [-0.39, 0.29) is 22.4 Å². The maximum atomic E-state index is 12.7. The van der Waals surface area contributed by atoms with E-state index in [0.717, 1.165) is 23.9 Å². The van der Waals surface area contributed by atoms with Gasteiger partial charge in [0.2, 0.25) is 15.9 Å². The van der Waals surface area contributed by atoms with Gasteiger partial charge in [0.05, 0.1) is 56.3 Å². The summed E-state index contributed by atoms with van der Waals surface area (Å²) in [6.07, 6.45) is 0. The fourth-order valence-electron chi connectivity index (χ4n) is 2.79. The van der Waals surface area contributed by atoms with Crippen LogP contribution in [0, 0.1) is 0 Å². The minimum absolute atomic E-state index is 0.0360. The highest BCUT2D eigenvalue weighted by Crippen LogP contribution is 2.28. The summed E-state index contributed by atoms with van der Waals surface area (Å²) in [5.74, 6) is 0.219. The first-order valence-electron chi connectivity index (χ1n) is 8.20. The van der Waals surface area contributed by atoms with Gasteiger partial charge in [0.1, 0.15) is 5.75 Å². The van der Waals surface area contributed by atoms with Crippen molar-refractivity contribution in [2.75, 3.05) is 53.4 Å². The van der Waals surface area contributed by atoms with E-state index in [1.807, 2.05) is 0 Å². The average molecular weight is 391 g/mol. The third-order valence-corrected chi connectivity index (χ3v) is 6.61. The fourth-order valence-corrected chi connectivity index (χ4v) is 4.26. The summed E-state index contributed by atoms with van der Waals surface area (Å²) in [6, 6.07) is 4.25. The molecule has 1 heterocycles. The minimum atomic E-state index is -3.80. The number of halogens is 1. The highest BCUT2D eigenvalue weighted by atomic mass is 35.5. The third-order valence-electron chi connectivity index (χ3n) is 4.51. The molecule has 0 saturated carbocycles. The molecule has 0 aromatic heterocycles. The zero-order valence-corrected chi connectivity index (χ0v) is 16.4. The summed E-state index contributed by atoms with van der Waals surface area (Å²) in [4.78, 5) is 15.6. The quantitative estimate of drug-likeness (QED) is 0.725. The van der Waals surface area contributed by atoms with Gasteiger partial charge in [0, 0.05) is 7.05 Å². The van der Waals surface area contributed by atoms with Gasteiger partial charge in [-0.25, -0.2) is 8.42 Å². The van der Waals surface area contributed by atoms with Crippen LogP contribution in [0.1, 0.15) is 6.92 Å². The number of ether oxygens (including phenoxy) is 1. The topological polar surface area (TPSA) is 71.4 Å². The van der Waals surface area contributed by atoms with Crippen LogP contribution in [-0.4, -0.2) is 77.0 Å². The van der Waals surface area contributed by atoms with Crippen LogP contribution >= 0.6 is 11.6 Å². The number of piperazine rings is 1. The number of methoxy groups -OCH3 is 1. The zero-order valence-electron chi connectivity index (χ0n) is 14.8. The van der Waals surface area contributed by atoms with Crippen molar-refractivity contribution in [3.63, 3.8) is 0 Å². The predicted octanol–water partition coefficient (Wildman–Crippen LogP) is -0.284. The van der Waals surface area contributed by atoms with Gasteiger partial charge >= 0.3 is 0 Å². The van der Waals surface area contributed by atoms with Crippen molar-refractivity contribution in [3.05, 3.63) is 23.2 Å². The molecule has 1 aromatic carbocycles. The molecular weight excluding hydrogens is 366 g/mol. The highest BCUT2D eigenvalue weighted by Gasteiger charge is 2.28. The molecule has 0 bridgehead atoms. The molecule has 0 unspecified atom stereocenters. The summed E-state index contributed by atoms with van der Waals surface area (Å²) in [7, 11) is -0.935. The Hall–Kier alpha value is -1.35. The number of amides is 1. The van der Waals surface area contributed by atoms with E-state index < -0.39 is 10.0 Å². The van der Waals surface area contributed by atoms with Crippen LogP contribution in [0.25, 0.3) is 0 Å². The largest absolute Gasteiger partial charge is 0.495 e. The van der Waals surface area contributed by atoms with Crippen LogP contribution in [-0.2, 0) is 14.8 Å². The summed E-state index contributed by atoms with van der Waals surface area (Å²) in [5.41, 5.74) is 0. The smallest absolute Gasteiger partial charge is 0.243 e. The number of quaternary nitrogens is 1. The van der Waals surface area contributed by atoms with E-state index in [0.29, 0.717) is 18.8 Å². The average Bonchev–Trinajstić information content (AvgIpc) is 2.61. The second kappa shape index (κ2) is 8.35. The number of benzene rings is 1. The molecule has 9 heteroatoms. The van der Waals surface area contributed by atoms with Crippen LogP contribution in [0.3, 0.4) is 0 Å². The van der Waals surface area contributed by atoms with Crippen molar-refractivity contribution in [2.24, 2.45) is 0 Å². The molecule has 2 rings (SSSR count). The summed E-state index contributed by atoms with van der Waals surface area (Å²) >= 11 is 6.01. The first-order valence-corrected chi connectivity index (χ1v) is 10.0. The van der Waals surface area contributed by atoms with Gasteiger partial charge in [-0.05, 0) is 25.1 Å². The molecule has 25 heavy (non-hydrogen) atoms. The van der Waals surface area contributed by atoms with Gasteiger partial charge in [0.25, 0.3) is 0 Å². The monoisotopic (exact) mass is 390 g/mol. The lowest BCUT2D eigenvalue weighted by Gasteiger charge is -2.32. The Bertz CT molecular complexity index is 718. The normalized spacial score (nSPS) is 16.3. The van der Waals surface area contributed by atoms with Gasteiger partial charge in [0.15, 0.2) is 0 Å². The van der Waals surface area contributed by atoms with Crippen molar-refractivity contribution >= 4 is 27.5 Å². The third kappa shape index (κ3) is 4.63. The first-order chi connectivity index (χ1) is 11.8. The molecule has 1 aliphatic heterocycles. The lowest BCUT2D eigenvalue weighted by atomic mass is 10.3. The molecule has 0 atom stereocenters. The molecular formula is C16H25ClN3O4S+. The Kier molecular flexibility index (Phi) is 6.67. The van der Waals surface area contributed by atoms with Gasteiger partial charge < -0.3 is 14.5 Å². The molecule has 1 fully saturated rings. The molecule has 7 nitrogen and oxygen atoms in total. The Morgan fingerprint density at radius 2 is 2.00 bits per heavy atom. The molecule has 140 valence electrons. The number of nitrogens with zero attached hydrogens (tertiary/aromatic N) is 2. The van der Waals surface area contributed by atoms with Crippen LogP contribution in [0.5, 0.6) is 5.75 Å². The van der Waals surface area contributed by atoms with Crippen LogP contribution in [0.15, 0.2) is 23.1 Å². The molecule has 0 aliphatic carbocycles. The van der Waals surface area contributed by atoms with Gasteiger partial charge in [-0.1, -0.05) is 11.6 Å². The van der Waals surface area contributed by atoms with Gasteiger partial charge in [-0.15, -0.1) is 0 Å². The predicted molar refractivity (Wildman–Crippen MR) is 95.6 cm³/mol. The van der Waals surface area contributed by atoms with E-state index in [4.69, 9.17) is 16.3 Å². The van der Waals surface area contributed by atoms with Gasteiger partial charge in [-0.2, -0.15) is 4.31 Å². The number of sulfonamides is 1. The number of likely N-dealkylation sites (N-methyl/N-ethyl adjacent to an activating group) is 2. The number of hydrogen-bond donors (Lipinski definition) is 1. The number of carbonyl (C=O) groups excluding carboxylic acids is 1. The van der Waals surface area contributed by atoms with E-state index in [2.05, 4.69) is 6.92 Å². The van der Waals surface area contributed by atoms with E-state index in [1.54, 1.807) is 4.90 Å². The number of rotatable bonds is 6. The van der Waals surface area contributed by atoms with Crippen molar-refractivity contribution in [2.45, 2.75) is 11.8 Å². The second-order valence-electron chi connectivity index (χ2n) is 6.04. The SMILES string of the molecule is CC[NH+]1CCN(C(=O)CN(C)S(=O)(=O)c2ccc(OC)c(Cl)c2)CC1. The van der Waals surface area contributed by atoms with Gasteiger partial charge in [-0.3, -0.25) is 4.79 Å². The molecule has 1 aliphatic rings. The van der Waals surface area contributed by atoms with E-state index in [1.165, 1.54) is 37.3 Å². The summed E-state index contributed by atoms with van der Waals surface area (Å²) in [6.45, 7) is 6.07. The van der Waals surface area contributed by atoms with Crippen molar-refractivity contribution < 1.29 is 22.8 Å². The summed E-state index contributed by atoms with van der Waals surface area (Å²) in [5, 5.41) is 0.210. The van der Waals surface area contributed by atoms with Crippen LogP contribution in [0.4, 0.5) is 0 Å². The van der Waals surface area contributed by atoms with Crippen LogP contribution in [0.2, 0.25) is 5.02 Å².